The fourth-order valence-corrected chi connectivity index (χ4v) is 2.39. The Morgan fingerprint density at radius 1 is 1.38 bits per heavy atom. The van der Waals surface area contributed by atoms with Crippen LogP contribution in [0.4, 0.5) is 0 Å². The van der Waals surface area contributed by atoms with Gasteiger partial charge in [0.1, 0.15) is 0 Å². The second-order valence-corrected chi connectivity index (χ2v) is 5.33. The SMILES string of the molecule is CC(C)CCc1cccc(C2CCCN2)c1. The van der Waals surface area contributed by atoms with Crippen LogP contribution in [0.2, 0.25) is 0 Å². The van der Waals surface area contributed by atoms with Crippen molar-refractivity contribution in [3.8, 4) is 0 Å². The van der Waals surface area contributed by atoms with E-state index in [1.54, 1.807) is 0 Å². The summed E-state index contributed by atoms with van der Waals surface area (Å²) in [4.78, 5) is 0. The molecule has 1 N–H and O–H groups in total. The van der Waals surface area contributed by atoms with E-state index in [4.69, 9.17) is 0 Å². The van der Waals surface area contributed by atoms with Gasteiger partial charge in [-0.15, -0.1) is 0 Å². The number of rotatable bonds is 4. The summed E-state index contributed by atoms with van der Waals surface area (Å²) in [5.41, 5.74) is 2.98. The molecule has 0 saturated carbocycles. The van der Waals surface area contributed by atoms with E-state index in [0.29, 0.717) is 6.04 Å². The predicted molar refractivity (Wildman–Crippen MR) is 69.6 cm³/mol. The third-order valence-corrected chi connectivity index (χ3v) is 3.42. The number of aryl methyl sites for hydroxylation is 1. The van der Waals surface area contributed by atoms with Crippen LogP contribution in [0.15, 0.2) is 24.3 Å². The minimum atomic E-state index is 0.610. The minimum absolute atomic E-state index is 0.610. The van der Waals surface area contributed by atoms with E-state index in [0.717, 1.165) is 5.92 Å². The van der Waals surface area contributed by atoms with E-state index in [1.807, 2.05) is 0 Å². The normalized spacial score (nSPS) is 20.6. The predicted octanol–water partition coefficient (Wildman–Crippen LogP) is 3.70. The van der Waals surface area contributed by atoms with E-state index < -0.39 is 0 Å². The number of benzene rings is 1. The van der Waals surface area contributed by atoms with Crippen molar-refractivity contribution in [1.29, 1.82) is 0 Å². The second kappa shape index (κ2) is 5.49. The summed E-state index contributed by atoms with van der Waals surface area (Å²) in [7, 11) is 0. The van der Waals surface area contributed by atoms with Crippen molar-refractivity contribution < 1.29 is 0 Å². The van der Waals surface area contributed by atoms with Gasteiger partial charge in [0, 0.05) is 6.04 Å². The molecule has 1 atom stereocenters. The average Bonchev–Trinajstić information content (AvgIpc) is 2.80. The largest absolute Gasteiger partial charge is 0.310 e. The molecule has 0 radical (unpaired) electrons. The van der Waals surface area contributed by atoms with Gasteiger partial charge in [0.25, 0.3) is 0 Å². The molecule has 1 fully saturated rings. The highest BCUT2D eigenvalue weighted by molar-refractivity contribution is 5.26. The second-order valence-electron chi connectivity index (χ2n) is 5.33. The molecule has 0 bridgehead atoms. The van der Waals surface area contributed by atoms with E-state index in [-0.39, 0.29) is 0 Å². The summed E-state index contributed by atoms with van der Waals surface area (Å²) < 4.78 is 0. The fraction of sp³-hybridized carbons (Fsp3) is 0.600. The van der Waals surface area contributed by atoms with Crippen LogP contribution < -0.4 is 5.32 Å². The summed E-state index contributed by atoms with van der Waals surface area (Å²) >= 11 is 0. The van der Waals surface area contributed by atoms with E-state index in [1.165, 1.54) is 43.4 Å². The summed E-state index contributed by atoms with van der Waals surface area (Å²) in [6, 6.07) is 9.75. The lowest BCUT2D eigenvalue weighted by Crippen LogP contribution is -2.12. The maximum Gasteiger partial charge on any atom is 0.0320 e. The first kappa shape index (κ1) is 11.7. The Hall–Kier alpha value is -0.820. The molecule has 1 saturated heterocycles. The first-order valence-electron chi connectivity index (χ1n) is 6.58. The lowest BCUT2D eigenvalue weighted by molar-refractivity contribution is 0.585. The van der Waals surface area contributed by atoms with Gasteiger partial charge in [0.2, 0.25) is 0 Å². The first-order chi connectivity index (χ1) is 7.75. The molecule has 16 heavy (non-hydrogen) atoms. The maximum atomic E-state index is 3.56. The minimum Gasteiger partial charge on any atom is -0.310 e. The van der Waals surface area contributed by atoms with Crippen molar-refractivity contribution in [2.24, 2.45) is 5.92 Å². The lowest BCUT2D eigenvalue weighted by Gasteiger charge is -2.12. The topological polar surface area (TPSA) is 12.0 Å². The smallest absolute Gasteiger partial charge is 0.0320 e. The highest BCUT2D eigenvalue weighted by Gasteiger charge is 2.15. The van der Waals surface area contributed by atoms with Crippen LogP contribution in [0.1, 0.15) is 50.3 Å². The molecule has 2 rings (SSSR count). The Bertz CT molecular complexity index is 324. The quantitative estimate of drug-likeness (QED) is 0.811. The molecule has 0 aromatic heterocycles. The Morgan fingerprint density at radius 2 is 2.25 bits per heavy atom. The van der Waals surface area contributed by atoms with Crippen molar-refractivity contribution in [2.75, 3.05) is 6.54 Å². The van der Waals surface area contributed by atoms with Gasteiger partial charge in [-0.05, 0) is 49.3 Å². The maximum absolute atomic E-state index is 3.56. The molecule has 1 unspecified atom stereocenters. The molecule has 1 aliphatic heterocycles. The van der Waals surface area contributed by atoms with Crippen molar-refractivity contribution in [3.63, 3.8) is 0 Å². The summed E-state index contributed by atoms with van der Waals surface area (Å²) in [5, 5.41) is 3.56. The van der Waals surface area contributed by atoms with Gasteiger partial charge in [-0.2, -0.15) is 0 Å². The Kier molecular flexibility index (Phi) is 4.00. The number of nitrogens with one attached hydrogen (secondary N) is 1. The van der Waals surface area contributed by atoms with E-state index >= 15 is 0 Å². The summed E-state index contributed by atoms with van der Waals surface area (Å²) in [5.74, 6) is 0.799. The van der Waals surface area contributed by atoms with Gasteiger partial charge in [-0.25, -0.2) is 0 Å². The highest BCUT2D eigenvalue weighted by atomic mass is 14.9. The zero-order chi connectivity index (χ0) is 11.4. The Labute approximate surface area is 99.3 Å². The van der Waals surface area contributed by atoms with Crippen LogP contribution >= 0.6 is 0 Å². The van der Waals surface area contributed by atoms with Gasteiger partial charge in [0.15, 0.2) is 0 Å². The monoisotopic (exact) mass is 217 g/mol. The van der Waals surface area contributed by atoms with E-state index in [9.17, 15) is 0 Å². The van der Waals surface area contributed by atoms with Crippen molar-refractivity contribution in [3.05, 3.63) is 35.4 Å². The zero-order valence-corrected chi connectivity index (χ0v) is 10.5. The molecule has 1 aromatic rings. The average molecular weight is 217 g/mol. The molecule has 1 nitrogen and oxygen atoms in total. The van der Waals surface area contributed by atoms with Crippen molar-refractivity contribution >= 4 is 0 Å². The van der Waals surface area contributed by atoms with Crippen LogP contribution in [-0.4, -0.2) is 6.54 Å². The van der Waals surface area contributed by atoms with Crippen LogP contribution in [0.5, 0.6) is 0 Å². The number of hydrogen-bond donors (Lipinski definition) is 1. The van der Waals surface area contributed by atoms with Crippen LogP contribution in [0.25, 0.3) is 0 Å². The first-order valence-corrected chi connectivity index (χ1v) is 6.58. The third kappa shape index (κ3) is 3.08. The zero-order valence-electron chi connectivity index (χ0n) is 10.5. The molecular formula is C15H23N. The molecule has 0 amide bonds. The summed E-state index contributed by atoms with van der Waals surface area (Å²) in [6.45, 7) is 5.77. The molecule has 0 spiro atoms. The van der Waals surface area contributed by atoms with Gasteiger partial charge in [-0.3, -0.25) is 0 Å². The fourth-order valence-electron chi connectivity index (χ4n) is 2.39. The Balaban J connectivity index is 2.01. The van der Waals surface area contributed by atoms with E-state index in [2.05, 4.69) is 43.4 Å². The van der Waals surface area contributed by atoms with Gasteiger partial charge in [-0.1, -0.05) is 38.1 Å². The van der Waals surface area contributed by atoms with Gasteiger partial charge < -0.3 is 5.32 Å². The van der Waals surface area contributed by atoms with Crippen molar-refractivity contribution in [2.45, 2.75) is 45.6 Å². The van der Waals surface area contributed by atoms with Crippen LogP contribution in [0.3, 0.4) is 0 Å². The Morgan fingerprint density at radius 3 is 2.94 bits per heavy atom. The lowest BCUT2D eigenvalue weighted by atomic mass is 9.98. The van der Waals surface area contributed by atoms with Crippen LogP contribution in [-0.2, 0) is 6.42 Å². The van der Waals surface area contributed by atoms with Gasteiger partial charge >= 0.3 is 0 Å². The molecule has 1 heterocycles. The number of hydrogen-bond acceptors (Lipinski definition) is 1. The highest BCUT2D eigenvalue weighted by Crippen LogP contribution is 2.24. The molecule has 1 aliphatic rings. The third-order valence-electron chi connectivity index (χ3n) is 3.42. The standard InChI is InChI=1S/C15H23N/c1-12(2)8-9-13-5-3-6-14(11-13)15-7-4-10-16-15/h3,5-6,11-12,15-16H,4,7-10H2,1-2H3. The van der Waals surface area contributed by atoms with Crippen molar-refractivity contribution in [1.82, 2.24) is 5.32 Å². The van der Waals surface area contributed by atoms with Gasteiger partial charge in [0.05, 0.1) is 0 Å². The molecule has 1 heteroatoms. The van der Waals surface area contributed by atoms with Crippen LogP contribution in [0, 0.1) is 5.92 Å². The molecule has 88 valence electrons. The summed E-state index contributed by atoms with van der Waals surface area (Å²) in [6.07, 6.45) is 5.13. The molecular weight excluding hydrogens is 194 g/mol. The molecule has 0 aliphatic carbocycles. The molecule has 1 aromatic carbocycles.